The van der Waals surface area contributed by atoms with Crippen LogP contribution in [0.3, 0.4) is 0 Å². The molecular weight excluding hydrogens is 419 g/mol. The minimum absolute atomic E-state index is 0.182. The number of carbonyl (C=O) groups excluding carboxylic acids is 1. The number of aryl methyl sites for hydroxylation is 1. The Balaban J connectivity index is 1.72. The average Bonchev–Trinajstić information content (AvgIpc) is 3.09. The first-order chi connectivity index (χ1) is 14.5. The Bertz CT molecular complexity index is 1140. The van der Waals surface area contributed by atoms with Gasteiger partial charge >= 0.3 is 0 Å². The molecule has 1 amide bonds. The molecule has 4 aromatic rings. The molecule has 150 valence electrons. The average molecular weight is 437 g/mol. The standard InChI is InChI=1S/C23H18Cl2N4O/c1-15-12-20(29(28-15)22-19(25)13-18(24)14-26-22)27-23(30)21(16-8-4-2-5-9-16)17-10-6-3-7-11-17/h2-14,21H,1H3,(H,27,30). The molecule has 0 aliphatic carbocycles. The summed E-state index contributed by atoms with van der Waals surface area (Å²) in [6.07, 6.45) is 1.49. The Morgan fingerprint density at radius 3 is 2.13 bits per heavy atom. The van der Waals surface area contributed by atoms with Crippen LogP contribution < -0.4 is 5.32 Å². The van der Waals surface area contributed by atoms with Gasteiger partial charge in [-0.15, -0.1) is 0 Å². The topological polar surface area (TPSA) is 59.8 Å². The highest BCUT2D eigenvalue weighted by atomic mass is 35.5. The van der Waals surface area contributed by atoms with Gasteiger partial charge in [-0.1, -0.05) is 83.9 Å². The summed E-state index contributed by atoms with van der Waals surface area (Å²) in [7, 11) is 0. The number of anilines is 1. The van der Waals surface area contributed by atoms with Gasteiger partial charge in [0.15, 0.2) is 5.82 Å². The van der Waals surface area contributed by atoms with Gasteiger partial charge in [0, 0.05) is 12.3 Å². The lowest BCUT2D eigenvalue weighted by Crippen LogP contribution is -2.23. The first-order valence-corrected chi connectivity index (χ1v) is 10.1. The van der Waals surface area contributed by atoms with Crippen molar-refractivity contribution in [3.63, 3.8) is 0 Å². The maximum absolute atomic E-state index is 13.4. The molecule has 0 atom stereocenters. The van der Waals surface area contributed by atoms with E-state index in [9.17, 15) is 4.79 Å². The molecule has 2 heterocycles. The molecule has 0 aliphatic rings. The zero-order chi connectivity index (χ0) is 21.1. The number of hydrogen-bond donors (Lipinski definition) is 1. The van der Waals surface area contributed by atoms with E-state index >= 15 is 0 Å². The largest absolute Gasteiger partial charge is 0.310 e. The summed E-state index contributed by atoms with van der Waals surface area (Å²) < 4.78 is 1.51. The molecule has 0 fully saturated rings. The molecular formula is C23H18Cl2N4O. The number of benzene rings is 2. The molecule has 0 unspecified atom stereocenters. The number of amides is 1. The van der Waals surface area contributed by atoms with Gasteiger partial charge in [0.05, 0.1) is 21.7 Å². The van der Waals surface area contributed by atoms with E-state index in [1.54, 1.807) is 12.1 Å². The molecule has 5 nitrogen and oxygen atoms in total. The Kier molecular flexibility index (Phi) is 5.84. The monoisotopic (exact) mass is 436 g/mol. The summed E-state index contributed by atoms with van der Waals surface area (Å²) in [4.78, 5) is 17.7. The molecule has 1 N–H and O–H groups in total. The predicted molar refractivity (Wildman–Crippen MR) is 119 cm³/mol. The third-order valence-corrected chi connectivity index (χ3v) is 5.08. The highest BCUT2D eigenvalue weighted by molar-refractivity contribution is 6.35. The number of hydrogen-bond acceptors (Lipinski definition) is 3. The highest BCUT2D eigenvalue weighted by Crippen LogP contribution is 2.28. The number of halogens is 2. The van der Waals surface area contributed by atoms with E-state index in [4.69, 9.17) is 23.2 Å². The lowest BCUT2D eigenvalue weighted by molar-refractivity contribution is -0.116. The van der Waals surface area contributed by atoms with Crippen molar-refractivity contribution >= 4 is 34.9 Å². The van der Waals surface area contributed by atoms with Gasteiger partial charge in [0.25, 0.3) is 0 Å². The van der Waals surface area contributed by atoms with Crippen LogP contribution in [0.25, 0.3) is 5.82 Å². The van der Waals surface area contributed by atoms with Crippen molar-refractivity contribution in [2.45, 2.75) is 12.8 Å². The van der Waals surface area contributed by atoms with Gasteiger partial charge < -0.3 is 5.32 Å². The normalized spacial score (nSPS) is 10.9. The van der Waals surface area contributed by atoms with E-state index in [-0.39, 0.29) is 5.91 Å². The van der Waals surface area contributed by atoms with Crippen molar-refractivity contribution < 1.29 is 4.79 Å². The van der Waals surface area contributed by atoms with Crippen molar-refractivity contribution in [1.82, 2.24) is 14.8 Å². The summed E-state index contributed by atoms with van der Waals surface area (Å²) in [6.45, 7) is 1.84. The molecule has 2 aromatic carbocycles. The molecule has 2 aromatic heterocycles. The van der Waals surface area contributed by atoms with E-state index in [1.807, 2.05) is 67.6 Å². The van der Waals surface area contributed by atoms with E-state index in [0.717, 1.165) is 11.1 Å². The quantitative estimate of drug-likeness (QED) is 0.439. The summed E-state index contributed by atoms with van der Waals surface area (Å²) in [5.41, 5.74) is 2.51. The molecule has 4 rings (SSSR count). The first-order valence-electron chi connectivity index (χ1n) is 9.32. The van der Waals surface area contributed by atoms with Crippen molar-refractivity contribution in [3.8, 4) is 5.82 Å². The van der Waals surface area contributed by atoms with Crippen LogP contribution in [0.4, 0.5) is 5.82 Å². The van der Waals surface area contributed by atoms with Crippen molar-refractivity contribution in [3.05, 3.63) is 106 Å². The van der Waals surface area contributed by atoms with E-state index in [2.05, 4.69) is 15.4 Å². The van der Waals surface area contributed by atoms with Crippen LogP contribution in [0.1, 0.15) is 22.7 Å². The van der Waals surface area contributed by atoms with Crippen LogP contribution in [0.2, 0.25) is 10.0 Å². The number of pyridine rings is 1. The van der Waals surface area contributed by atoms with Crippen LogP contribution in [-0.4, -0.2) is 20.7 Å². The van der Waals surface area contributed by atoms with Gasteiger partial charge in [-0.2, -0.15) is 9.78 Å². The number of rotatable bonds is 5. The minimum Gasteiger partial charge on any atom is -0.310 e. The fourth-order valence-electron chi connectivity index (χ4n) is 3.30. The SMILES string of the molecule is Cc1cc(NC(=O)C(c2ccccc2)c2ccccc2)n(-c2ncc(Cl)cc2Cl)n1. The first kappa shape index (κ1) is 20.1. The predicted octanol–water partition coefficient (Wildman–Crippen LogP) is 5.65. The van der Waals surface area contributed by atoms with Crippen LogP contribution in [0.15, 0.2) is 79.0 Å². The fourth-order valence-corrected chi connectivity index (χ4v) is 3.76. The second-order valence-electron chi connectivity index (χ2n) is 6.79. The maximum atomic E-state index is 13.4. The Labute approximate surface area is 184 Å². The third-order valence-electron chi connectivity index (χ3n) is 4.60. The number of nitrogens with one attached hydrogen (secondary N) is 1. The van der Waals surface area contributed by atoms with Gasteiger partial charge in [0.2, 0.25) is 5.91 Å². The zero-order valence-corrected chi connectivity index (χ0v) is 17.6. The van der Waals surface area contributed by atoms with Crippen molar-refractivity contribution in [1.29, 1.82) is 0 Å². The van der Waals surface area contributed by atoms with Crippen LogP contribution in [0.5, 0.6) is 0 Å². The Hall–Kier alpha value is -3.15. The minimum atomic E-state index is -0.482. The zero-order valence-electron chi connectivity index (χ0n) is 16.1. The molecule has 7 heteroatoms. The molecule has 0 saturated heterocycles. The van der Waals surface area contributed by atoms with Crippen LogP contribution in [0, 0.1) is 6.92 Å². The highest BCUT2D eigenvalue weighted by Gasteiger charge is 2.24. The van der Waals surface area contributed by atoms with Crippen LogP contribution >= 0.6 is 23.2 Å². The molecule has 0 radical (unpaired) electrons. The van der Waals surface area contributed by atoms with Gasteiger partial charge in [-0.25, -0.2) is 4.98 Å². The summed E-state index contributed by atoms with van der Waals surface area (Å²) >= 11 is 12.3. The molecule has 0 aliphatic heterocycles. The second kappa shape index (κ2) is 8.69. The smallest absolute Gasteiger partial charge is 0.237 e. The molecule has 30 heavy (non-hydrogen) atoms. The number of carbonyl (C=O) groups is 1. The van der Waals surface area contributed by atoms with Crippen molar-refractivity contribution in [2.75, 3.05) is 5.32 Å². The Morgan fingerprint density at radius 1 is 0.967 bits per heavy atom. The molecule has 0 saturated carbocycles. The van der Waals surface area contributed by atoms with Gasteiger partial charge in [-0.05, 0) is 24.1 Å². The fraction of sp³-hybridized carbons (Fsp3) is 0.0870. The number of aromatic nitrogens is 3. The third kappa shape index (κ3) is 4.22. The lowest BCUT2D eigenvalue weighted by Gasteiger charge is -2.18. The number of nitrogens with zero attached hydrogens (tertiary/aromatic N) is 3. The molecule has 0 bridgehead atoms. The maximum Gasteiger partial charge on any atom is 0.237 e. The van der Waals surface area contributed by atoms with E-state index in [0.29, 0.717) is 27.4 Å². The van der Waals surface area contributed by atoms with E-state index in [1.165, 1.54) is 10.9 Å². The van der Waals surface area contributed by atoms with Gasteiger partial charge in [-0.3, -0.25) is 4.79 Å². The summed E-state index contributed by atoms with van der Waals surface area (Å²) in [6, 6.07) is 22.7. The van der Waals surface area contributed by atoms with Crippen molar-refractivity contribution in [2.24, 2.45) is 0 Å². The van der Waals surface area contributed by atoms with E-state index < -0.39 is 5.92 Å². The van der Waals surface area contributed by atoms with Gasteiger partial charge in [0.1, 0.15) is 5.82 Å². The molecule has 0 spiro atoms. The summed E-state index contributed by atoms with van der Waals surface area (Å²) in [5, 5.41) is 8.20. The lowest BCUT2D eigenvalue weighted by atomic mass is 9.90. The van der Waals surface area contributed by atoms with Crippen LogP contribution in [-0.2, 0) is 4.79 Å². The second-order valence-corrected chi connectivity index (χ2v) is 7.63. The summed E-state index contributed by atoms with van der Waals surface area (Å²) in [5.74, 6) is 0.204. The Morgan fingerprint density at radius 2 is 1.57 bits per heavy atom.